The first kappa shape index (κ1) is 12.7. The molecule has 102 valence electrons. The molecule has 3 aromatic rings. The molecule has 20 heavy (non-hydrogen) atoms. The second-order valence-corrected chi connectivity index (χ2v) is 5.12. The Kier molecular flexibility index (Phi) is 2.94. The molecule has 0 spiro atoms. The van der Waals surface area contributed by atoms with Crippen molar-refractivity contribution in [1.82, 2.24) is 29.4 Å². The molecule has 3 heterocycles. The molecule has 0 amide bonds. The lowest BCUT2D eigenvalue weighted by Crippen LogP contribution is -2.12. The van der Waals surface area contributed by atoms with Crippen LogP contribution in [-0.4, -0.2) is 34.4 Å². The molecule has 0 saturated carbocycles. The smallest absolute Gasteiger partial charge is 0.208 e. The van der Waals surface area contributed by atoms with Gasteiger partial charge in [0, 0.05) is 12.4 Å². The van der Waals surface area contributed by atoms with Gasteiger partial charge in [-0.3, -0.25) is 0 Å². The van der Waals surface area contributed by atoms with Gasteiger partial charge < -0.3 is 5.73 Å². The summed E-state index contributed by atoms with van der Waals surface area (Å²) in [5.41, 5.74) is 7.37. The maximum atomic E-state index is 5.52. The summed E-state index contributed by atoms with van der Waals surface area (Å²) in [6, 6.07) is 2.00. The molecule has 0 aliphatic rings. The molecule has 0 aromatic carbocycles. The highest BCUT2D eigenvalue weighted by atomic mass is 32.1. The number of hydrogen-bond acceptors (Lipinski definition) is 5. The Bertz CT molecular complexity index is 786. The van der Waals surface area contributed by atoms with E-state index < -0.39 is 0 Å². The third-order valence-corrected chi connectivity index (χ3v) is 3.09. The normalized spacial score (nSPS) is 11.3. The molecule has 0 unspecified atom stereocenters. The number of fused-ring (bicyclic) bond motifs is 1. The molecule has 3 rings (SSSR count). The van der Waals surface area contributed by atoms with Crippen molar-refractivity contribution >= 4 is 22.7 Å². The second-order valence-electron chi connectivity index (χ2n) is 4.68. The summed E-state index contributed by atoms with van der Waals surface area (Å²) in [7, 11) is 0. The van der Waals surface area contributed by atoms with Crippen LogP contribution in [-0.2, 0) is 0 Å². The van der Waals surface area contributed by atoms with Crippen LogP contribution in [0, 0.1) is 0 Å². The van der Waals surface area contributed by atoms with Gasteiger partial charge >= 0.3 is 0 Å². The van der Waals surface area contributed by atoms with E-state index in [4.69, 9.17) is 18.0 Å². The van der Waals surface area contributed by atoms with Crippen molar-refractivity contribution in [3.63, 3.8) is 0 Å². The molecule has 0 fully saturated rings. The predicted octanol–water partition coefficient (Wildman–Crippen LogP) is 1.07. The van der Waals surface area contributed by atoms with Crippen molar-refractivity contribution in [2.24, 2.45) is 5.73 Å². The Morgan fingerprint density at radius 2 is 2.10 bits per heavy atom. The third kappa shape index (κ3) is 2.03. The fourth-order valence-corrected chi connectivity index (χ4v) is 1.96. The predicted molar refractivity (Wildman–Crippen MR) is 77.9 cm³/mol. The van der Waals surface area contributed by atoms with Crippen LogP contribution in [0.1, 0.15) is 31.3 Å². The Morgan fingerprint density at radius 3 is 2.75 bits per heavy atom. The second kappa shape index (κ2) is 4.64. The van der Waals surface area contributed by atoms with Gasteiger partial charge in [0.2, 0.25) is 5.82 Å². The van der Waals surface area contributed by atoms with E-state index in [-0.39, 0.29) is 4.99 Å². The van der Waals surface area contributed by atoms with Crippen molar-refractivity contribution in [2.75, 3.05) is 0 Å². The van der Waals surface area contributed by atoms with Crippen molar-refractivity contribution in [3.05, 3.63) is 36.3 Å². The van der Waals surface area contributed by atoms with Gasteiger partial charge in [0.05, 0.1) is 5.69 Å². The monoisotopic (exact) mass is 287 g/mol. The topological polar surface area (TPSA) is 86.9 Å². The van der Waals surface area contributed by atoms with E-state index in [0.717, 1.165) is 11.2 Å². The number of thiocarbonyl (C=S) groups is 1. The van der Waals surface area contributed by atoms with Crippen molar-refractivity contribution in [3.8, 4) is 5.82 Å². The summed E-state index contributed by atoms with van der Waals surface area (Å²) >= 11 is 4.86. The van der Waals surface area contributed by atoms with Crippen LogP contribution in [0.3, 0.4) is 0 Å². The average molecular weight is 287 g/mol. The van der Waals surface area contributed by atoms with E-state index >= 15 is 0 Å². The Morgan fingerprint density at radius 1 is 1.30 bits per heavy atom. The highest BCUT2D eigenvalue weighted by Crippen LogP contribution is 2.18. The summed E-state index contributed by atoms with van der Waals surface area (Å²) in [5, 5.41) is 8.72. The lowest BCUT2D eigenvalue weighted by atomic mass is 10.1. The molecule has 0 saturated heterocycles. The molecule has 7 nitrogen and oxygen atoms in total. The van der Waals surface area contributed by atoms with Crippen LogP contribution >= 0.6 is 12.2 Å². The van der Waals surface area contributed by atoms with Gasteiger partial charge in [-0.1, -0.05) is 26.1 Å². The number of aromatic nitrogens is 6. The minimum absolute atomic E-state index is 0.159. The number of hydrogen-bond donors (Lipinski definition) is 1. The molecule has 0 bridgehead atoms. The van der Waals surface area contributed by atoms with E-state index in [9.17, 15) is 0 Å². The summed E-state index contributed by atoms with van der Waals surface area (Å²) in [4.78, 5) is 8.55. The standard InChI is InChI=1S/C12H13N7S/c1-7(2)8-5-9-12(14-3-4-18(9)16-8)19-6-15-11(17-19)10(13)20/h3-7H,1-2H3,(H2,13,20). The fraction of sp³-hybridized carbons (Fsp3) is 0.250. The first-order valence-electron chi connectivity index (χ1n) is 6.12. The largest absolute Gasteiger partial charge is 0.387 e. The van der Waals surface area contributed by atoms with Gasteiger partial charge in [-0.2, -0.15) is 9.78 Å². The first-order valence-corrected chi connectivity index (χ1v) is 6.53. The SMILES string of the molecule is CC(C)c1cc2c(-n3cnc(C(N)=S)n3)nccn2n1. The maximum Gasteiger partial charge on any atom is 0.208 e. The number of nitrogens with zero attached hydrogens (tertiary/aromatic N) is 6. The average Bonchev–Trinajstić information content (AvgIpc) is 3.05. The van der Waals surface area contributed by atoms with E-state index in [0.29, 0.717) is 17.6 Å². The lowest BCUT2D eigenvalue weighted by molar-refractivity contribution is 0.780. The van der Waals surface area contributed by atoms with E-state index in [1.807, 2.05) is 6.07 Å². The molecule has 0 atom stereocenters. The Labute approximate surface area is 120 Å². The highest BCUT2D eigenvalue weighted by Gasteiger charge is 2.13. The minimum Gasteiger partial charge on any atom is -0.387 e. The van der Waals surface area contributed by atoms with Crippen LogP contribution < -0.4 is 5.73 Å². The van der Waals surface area contributed by atoms with Gasteiger partial charge in [-0.25, -0.2) is 14.5 Å². The molecule has 3 aromatic heterocycles. The van der Waals surface area contributed by atoms with Gasteiger partial charge in [0.25, 0.3) is 0 Å². The van der Waals surface area contributed by atoms with Crippen LogP contribution in [0.5, 0.6) is 0 Å². The zero-order valence-corrected chi connectivity index (χ0v) is 11.9. The quantitative estimate of drug-likeness (QED) is 0.725. The van der Waals surface area contributed by atoms with Gasteiger partial charge in [0.1, 0.15) is 16.8 Å². The van der Waals surface area contributed by atoms with Crippen molar-refractivity contribution in [2.45, 2.75) is 19.8 Å². The van der Waals surface area contributed by atoms with Gasteiger partial charge in [-0.05, 0) is 12.0 Å². The molecule has 8 heteroatoms. The summed E-state index contributed by atoms with van der Waals surface area (Å²) in [6.45, 7) is 4.19. The highest BCUT2D eigenvalue weighted by molar-refractivity contribution is 7.80. The summed E-state index contributed by atoms with van der Waals surface area (Å²) in [5.74, 6) is 1.31. The third-order valence-electron chi connectivity index (χ3n) is 2.91. The Balaban J connectivity index is 2.17. The van der Waals surface area contributed by atoms with E-state index in [2.05, 4.69) is 34.0 Å². The van der Waals surface area contributed by atoms with Gasteiger partial charge in [-0.15, -0.1) is 5.10 Å². The van der Waals surface area contributed by atoms with E-state index in [1.165, 1.54) is 0 Å². The van der Waals surface area contributed by atoms with Crippen LogP contribution in [0.2, 0.25) is 0 Å². The maximum absolute atomic E-state index is 5.52. The summed E-state index contributed by atoms with van der Waals surface area (Å²) in [6.07, 6.45) is 5.01. The van der Waals surface area contributed by atoms with Crippen LogP contribution in [0.4, 0.5) is 0 Å². The van der Waals surface area contributed by atoms with Crippen molar-refractivity contribution in [1.29, 1.82) is 0 Å². The molecule has 0 radical (unpaired) electrons. The minimum atomic E-state index is 0.159. The van der Waals surface area contributed by atoms with E-state index in [1.54, 1.807) is 27.9 Å². The zero-order valence-electron chi connectivity index (χ0n) is 11.1. The van der Waals surface area contributed by atoms with Crippen LogP contribution in [0.15, 0.2) is 24.8 Å². The molecule has 2 N–H and O–H groups in total. The molecule has 0 aliphatic heterocycles. The molecular weight excluding hydrogens is 274 g/mol. The molecule has 0 aliphatic carbocycles. The molecular formula is C12H13N7S. The lowest BCUT2D eigenvalue weighted by Gasteiger charge is -2.00. The Hall–Kier alpha value is -2.35. The van der Waals surface area contributed by atoms with Crippen molar-refractivity contribution < 1.29 is 0 Å². The fourth-order valence-electron chi connectivity index (χ4n) is 1.86. The summed E-state index contributed by atoms with van der Waals surface area (Å²) < 4.78 is 3.33. The first-order chi connectivity index (χ1) is 9.56. The van der Waals surface area contributed by atoms with Gasteiger partial charge in [0.15, 0.2) is 5.82 Å². The number of nitrogens with two attached hydrogens (primary N) is 1. The number of rotatable bonds is 3. The zero-order chi connectivity index (χ0) is 14.3. The van der Waals surface area contributed by atoms with Crippen LogP contribution in [0.25, 0.3) is 11.3 Å².